The van der Waals surface area contributed by atoms with Crippen molar-refractivity contribution in [2.45, 2.75) is 51.0 Å². The third-order valence-electron chi connectivity index (χ3n) is 4.26. The molecule has 1 aromatic rings. The van der Waals surface area contributed by atoms with E-state index in [1.54, 1.807) is 0 Å². The molecule has 2 amide bonds. The molecular formula is C17H22N2O3. The van der Waals surface area contributed by atoms with Gasteiger partial charge in [0.25, 0.3) is 5.91 Å². The lowest BCUT2D eigenvalue weighted by Crippen LogP contribution is -2.35. The van der Waals surface area contributed by atoms with E-state index in [1.807, 2.05) is 18.2 Å². The maximum Gasteiger partial charge on any atom is 0.262 e. The van der Waals surface area contributed by atoms with Gasteiger partial charge in [-0.1, -0.05) is 31.7 Å². The van der Waals surface area contributed by atoms with Gasteiger partial charge in [0.05, 0.1) is 12.1 Å². The summed E-state index contributed by atoms with van der Waals surface area (Å²) in [5.74, 6) is 0.551. The van der Waals surface area contributed by atoms with Crippen molar-refractivity contribution in [2.24, 2.45) is 0 Å². The van der Waals surface area contributed by atoms with Gasteiger partial charge >= 0.3 is 0 Å². The van der Waals surface area contributed by atoms with Crippen molar-refractivity contribution in [1.29, 1.82) is 0 Å². The van der Waals surface area contributed by atoms with Crippen LogP contribution in [0.2, 0.25) is 0 Å². The predicted molar refractivity (Wildman–Crippen MR) is 83.9 cm³/mol. The molecule has 1 aliphatic heterocycles. The zero-order chi connectivity index (χ0) is 15.4. The van der Waals surface area contributed by atoms with Crippen LogP contribution in [-0.4, -0.2) is 24.5 Å². The molecule has 3 rings (SSSR count). The van der Waals surface area contributed by atoms with E-state index in [2.05, 4.69) is 10.6 Å². The van der Waals surface area contributed by atoms with E-state index in [-0.39, 0.29) is 18.4 Å². The van der Waals surface area contributed by atoms with Crippen molar-refractivity contribution >= 4 is 17.5 Å². The molecule has 1 fully saturated rings. The molecule has 0 unspecified atom stereocenters. The summed E-state index contributed by atoms with van der Waals surface area (Å²) in [6.07, 6.45) is 7.45. The van der Waals surface area contributed by atoms with Crippen LogP contribution >= 0.6 is 0 Å². The highest BCUT2D eigenvalue weighted by atomic mass is 16.5. The number of carbonyl (C=O) groups excluding carboxylic acids is 2. The van der Waals surface area contributed by atoms with E-state index < -0.39 is 0 Å². The molecule has 1 heterocycles. The number of benzene rings is 1. The lowest BCUT2D eigenvalue weighted by molar-refractivity contribution is -0.121. The molecule has 1 aliphatic carbocycles. The van der Waals surface area contributed by atoms with E-state index >= 15 is 0 Å². The predicted octanol–water partition coefficient (Wildman–Crippen LogP) is 2.40. The summed E-state index contributed by atoms with van der Waals surface area (Å²) in [6.45, 7) is 0.0501. The number of fused-ring (bicyclic) bond motifs is 1. The highest BCUT2D eigenvalue weighted by molar-refractivity contribution is 5.95. The third-order valence-corrected chi connectivity index (χ3v) is 4.26. The number of rotatable bonds is 3. The van der Waals surface area contributed by atoms with Crippen LogP contribution in [0.3, 0.4) is 0 Å². The zero-order valence-electron chi connectivity index (χ0n) is 12.7. The fourth-order valence-electron chi connectivity index (χ4n) is 3.13. The maximum atomic E-state index is 12.2. The second kappa shape index (κ2) is 6.81. The monoisotopic (exact) mass is 302 g/mol. The van der Waals surface area contributed by atoms with Gasteiger partial charge in [0.1, 0.15) is 5.75 Å². The van der Waals surface area contributed by atoms with Crippen molar-refractivity contribution in [2.75, 3.05) is 11.9 Å². The first-order chi connectivity index (χ1) is 10.7. The molecule has 118 valence electrons. The lowest BCUT2D eigenvalue weighted by Gasteiger charge is -2.19. The van der Waals surface area contributed by atoms with Gasteiger partial charge < -0.3 is 15.4 Å². The number of amides is 2. The molecule has 5 heteroatoms. The Hall–Kier alpha value is -2.04. The van der Waals surface area contributed by atoms with Crippen molar-refractivity contribution in [3.8, 4) is 5.75 Å². The molecule has 0 saturated heterocycles. The summed E-state index contributed by atoms with van der Waals surface area (Å²) in [5, 5.41) is 5.91. The largest absolute Gasteiger partial charge is 0.482 e. The minimum atomic E-state index is -0.160. The molecule has 1 aromatic carbocycles. The number of hydrogen-bond acceptors (Lipinski definition) is 3. The van der Waals surface area contributed by atoms with Crippen molar-refractivity contribution in [1.82, 2.24) is 5.32 Å². The fraction of sp³-hybridized carbons (Fsp3) is 0.529. The first-order valence-corrected chi connectivity index (χ1v) is 8.05. The van der Waals surface area contributed by atoms with Crippen LogP contribution in [0.15, 0.2) is 18.2 Å². The van der Waals surface area contributed by atoms with Crippen LogP contribution in [-0.2, 0) is 16.0 Å². The normalized spacial score (nSPS) is 18.6. The van der Waals surface area contributed by atoms with Gasteiger partial charge in [0.2, 0.25) is 5.91 Å². The summed E-state index contributed by atoms with van der Waals surface area (Å²) in [6, 6.07) is 5.82. The summed E-state index contributed by atoms with van der Waals surface area (Å²) in [4.78, 5) is 23.5. The van der Waals surface area contributed by atoms with Gasteiger partial charge in [-0.3, -0.25) is 9.59 Å². The molecule has 2 N–H and O–H groups in total. The summed E-state index contributed by atoms with van der Waals surface area (Å²) in [5.41, 5.74) is 1.53. The number of nitrogens with one attached hydrogen (secondary N) is 2. The van der Waals surface area contributed by atoms with Crippen LogP contribution in [0.5, 0.6) is 5.75 Å². The van der Waals surface area contributed by atoms with Gasteiger partial charge in [-0.15, -0.1) is 0 Å². The van der Waals surface area contributed by atoms with Crippen molar-refractivity contribution in [3.05, 3.63) is 23.8 Å². The average Bonchev–Trinajstić information content (AvgIpc) is 2.75. The molecule has 0 aromatic heterocycles. The van der Waals surface area contributed by atoms with Crippen molar-refractivity contribution < 1.29 is 14.3 Å². The topological polar surface area (TPSA) is 67.4 Å². The molecular weight excluding hydrogens is 280 g/mol. The Balaban J connectivity index is 1.59. The Bertz CT molecular complexity index is 563. The van der Waals surface area contributed by atoms with Crippen LogP contribution in [0.1, 0.15) is 44.1 Å². The number of carbonyl (C=O) groups is 2. The van der Waals surface area contributed by atoms with Gasteiger partial charge in [0, 0.05) is 6.04 Å². The minimum absolute atomic E-state index is 0.0501. The Labute approximate surface area is 130 Å². The molecule has 0 atom stereocenters. The van der Waals surface area contributed by atoms with E-state index in [9.17, 15) is 9.59 Å². The maximum absolute atomic E-state index is 12.2. The highest BCUT2D eigenvalue weighted by Gasteiger charge is 2.18. The molecule has 5 nitrogen and oxygen atoms in total. The van der Waals surface area contributed by atoms with Gasteiger partial charge in [0.15, 0.2) is 6.61 Å². The van der Waals surface area contributed by atoms with Crippen LogP contribution in [0, 0.1) is 0 Å². The van der Waals surface area contributed by atoms with Crippen LogP contribution < -0.4 is 15.4 Å². The summed E-state index contributed by atoms with van der Waals surface area (Å²) < 4.78 is 5.32. The minimum Gasteiger partial charge on any atom is -0.482 e. The molecule has 0 radical (unpaired) electrons. The Morgan fingerprint density at radius 3 is 2.77 bits per heavy atom. The number of anilines is 1. The Morgan fingerprint density at radius 2 is 2.00 bits per heavy atom. The Kier molecular flexibility index (Phi) is 4.61. The van der Waals surface area contributed by atoms with Crippen molar-refractivity contribution in [3.63, 3.8) is 0 Å². The SMILES string of the molecule is O=C1COc2ccc(CC(=O)NC3CCCCCC3)cc2N1. The van der Waals surface area contributed by atoms with Gasteiger partial charge in [-0.25, -0.2) is 0 Å². The van der Waals surface area contributed by atoms with E-state index in [1.165, 1.54) is 25.7 Å². The number of ether oxygens (including phenoxy) is 1. The van der Waals surface area contributed by atoms with Gasteiger partial charge in [-0.05, 0) is 30.5 Å². The first-order valence-electron chi connectivity index (χ1n) is 8.05. The third kappa shape index (κ3) is 3.78. The van der Waals surface area contributed by atoms with Gasteiger partial charge in [-0.2, -0.15) is 0 Å². The summed E-state index contributed by atoms with van der Waals surface area (Å²) in [7, 11) is 0. The van der Waals surface area contributed by atoms with E-state index in [4.69, 9.17) is 4.74 Å². The van der Waals surface area contributed by atoms with E-state index in [0.717, 1.165) is 18.4 Å². The molecule has 1 saturated carbocycles. The van der Waals surface area contributed by atoms with E-state index in [0.29, 0.717) is 23.9 Å². The zero-order valence-corrected chi connectivity index (χ0v) is 12.7. The second-order valence-electron chi connectivity index (χ2n) is 6.10. The first kappa shape index (κ1) is 14.9. The molecule has 2 aliphatic rings. The standard InChI is InChI=1S/C17H22N2O3/c20-16(18-13-5-3-1-2-4-6-13)10-12-7-8-15-14(9-12)19-17(21)11-22-15/h7-9,13H,1-6,10-11H2,(H,18,20)(H,19,21). The lowest BCUT2D eigenvalue weighted by atomic mass is 10.1. The second-order valence-corrected chi connectivity index (χ2v) is 6.10. The fourth-order valence-corrected chi connectivity index (χ4v) is 3.13. The van der Waals surface area contributed by atoms with Crippen LogP contribution in [0.4, 0.5) is 5.69 Å². The summed E-state index contributed by atoms with van der Waals surface area (Å²) >= 11 is 0. The average molecular weight is 302 g/mol. The molecule has 22 heavy (non-hydrogen) atoms. The van der Waals surface area contributed by atoms with Crippen LogP contribution in [0.25, 0.3) is 0 Å². The highest BCUT2D eigenvalue weighted by Crippen LogP contribution is 2.28. The number of hydrogen-bond donors (Lipinski definition) is 2. The quantitative estimate of drug-likeness (QED) is 0.843. The smallest absolute Gasteiger partial charge is 0.262 e. The molecule has 0 spiro atoms. The molecule has 0 bridgehead atoms. The Morgan fingerprint density at radius 1 is 1.23 bits per heavy atom.